The lowest BCUT2D eigenvalue weighted by molar-refractivity contribution is -0.898. The van der Waals surface area contributed by atoms with E-state index in [0.717, 1.165) is 30.8 Å². The molecule has 1 saturated heterocycles. The normalized spacial score (nSPS) is 24.0. The van der Waals surface area contributed by atoms with Gasteiger partial charge in [-0.25, -0.2) is 0 Å². The minimum atomic E-state index is -1.10. The first-order valence-corrected chi connectivity index (χ1v) is 10.2. The van der Waals surface area contributed by atoms with Gasteiger partial charge in [0.05, 0.1) is 38.6 Å². The lowest BCUT2D eigenvalue weighted by Crippen LogP contribution is -3.14. The number of carboxylic acid groups (broad SMARTS) is 1. The van der Waals surface area contributed by atoms with E-state index in [2.05, 4.69) is 24.3 Å². The Morgan fingerprint density at radius 3 is 2.29 bits per heavy atom. The molecule has 2 aliphatic rings. The van der Waals surface area contributed by atoms with Gasteiger partial charge in [0.15, 0.2) is 0 Å². The van der Waals surface area contributed by atoms with E-state index >= 15 is 0 Å². The molecule has 0 bridgehead atoms. The molecule has 0 unspecified atom stereocenters. The van der Waals surface area contributed by atoms with Gasteiger partial charge in [-0.3, -0.25) is 4.79 Å². The summed E-state index contributed by atoms with van der Waals surface area (Å²) in [5.74, 6) is -2.29. The molecular weight excluding hydrogens is 352 g/mol. The number of piperazine rings is 1. The van der Waals surface area contributed by atoms with Crippen LogP contribution in [0.5, 0.6) is 0 Å². The Morgan fingerprint density at radius 1 is 1.07 bits per heavy atom. The fraction of sp³-hybridized carbons (Fsp3) is 0.478. The average molecular weight is 383 g/mol. The highest BCUT2D eigenvalue weighted by atomic mass is 16.4. The van der Waals surface area contributed by atoms with Crippen molar-refractivity contribution in [3.8, 4) is 0 Å². The number of amides is 1. The van der Waals surface area contributed by atoms with Crippen LogP contribution in [-0.4, -0.2) is 49.5 Å². The third-order valence-corrected chi connectivity index (χ3v) is 6.19. The van der Waals surface area contributed by atoms with Gasteiger partial charge in [0.25, 0.3) is 0 Å². The molecule has 0 saturated carbocycles. The number of carbonyl (C=O) groups excluding carboxylic acids is 2. The van der Waals surface area contributed by atoms with Crippen molar-refractivity contribution in [3.05, 3.63) is 53.1 Å². The van der Waals surface area contributed by atoms with Gasteiger partial charge in [-0.1, -0.05) is 47.6 Å². The number of hydrogen-bond acceptors (Lipinski definition) is 3. The van der Waals surface area contributed by atoms with Crippen LogP contribution in [0, 0.1) is 11.8 Å². The first-order chi connectivity index (χ1) is 13.5. The van der Waals surface area contributed by atoms with E-state index in [0.29, 0.717) is 25.9 Å². The van der Waals surface area contributed by atoms with Gasteiger partial charge in [-0.15, -0.1) is 0 Å². The van der Waals surface area contributed by atoms with Gasteiger partial charge in [-0.2, -0.15) is 0 Å². The SMILES string of the molecule is CC1=C(C)C[C@@H](C(=O)N2CC[NH+](C/C=C/c3ccccc3)CC2)[C@@H](C(=O)[O-])C1. The van der Waals surface area contributed by atoms with Crippen molar-refractivity contribution in [2.24, 2.45) is 11.8 Å². The quantitative estimate of drug-likeness (QED) is 0.756. The molecule has 1 aromatic carbocycles. The Bertz CT molecular complexity index is 761. The van der Waals surface area contributed by atoms with Crippen LogP contribution in [0.2, 0.25) is 0 Å². The molecule has 1 aliphatic heterocycles. The fourth-order valence-electron chi connectivity index (χ4n) is 4.21. The smallest absolute Gasteiger partial charge is 0.227 e. The predicted octanol–water partition coefficient (Wildman–Crippen LogP) is 0.539. The van der Waals surface area contributed by atoms with Crippen LogP contribution in [0.3, 0.4) is 0 Å². The van der Waals surface area contributed by atoms with Crippen molar-refractivity contribution in [1.82, 2.24) is 4.90 Å². The molecule has 1 N–H and O–H groups in total. The third-order valence-electron chi connectivity index (χ3n) is 6.19. The summed E-state index contributed by atoms with van der Waals surface area (Å²) in [6.07, 6.45) is 5.29. The zero-order valence-electron chi connectivity index (χ0n) is 16.8. The molecule has 2 atom stereocenters. The molecule has 1 aromatic rings. The fourth-order valence-corrected chi connectivity index (χ4v) is 4.21. The molecule has 0 spiro atoms. The number of nitrogens with zero attached hydrogens (tertiary/aromatic N) is 1. The Morgan fingerprint density at radius 2 is 1.68 bits per heavy atom. The molecule has 28 heavy (non-hydrogen) atoms. The lowest BCUT2D eigenvalue weighted by atomic mass is 9.76. The molecule has 150 valence electrons. The highest BCUT2D eigenvalue weighted by molar-refractivity contribution is 5.85. The summed E-state index contributed by atoms with van der Waals surface area (Å²) in [6.45, 7) is 8.04. The van der Waals surface area contributed by atoms with Gasteiger partial charge in [0.2, 0.25) is 5.91 Å². The van der Waals surface area contributed by atoms with Crippen LogP contribution in [0.25, 0.3) is 6.08 Å². The molecule has 1 aliphatic carbocycles. The Kier molecular flexibility index (Phi) is 6.68. The number of nitrogens with one attached hydrogen (secondary N) is 1. The summed E-state index contributed by atoms with van der Waals surface area (Å²) < 4.78 is 0. The minimum absolute atomic E-state index is 0.0140. The summed E-state index contributed by atoms with van der Waals surface area (Å²) in [7, 11) is 0. The monoisotopic (exact) mass is 382 g/mol. The van der Waals surface area contributed by atoms with Gasteiger partial charge < -0.3 is 19.7 Å². The van der Waals surface area contributed by atoms with Crippen molar-refractivity contribution in [2.45, 2.75) is 26.7 Å². The molecule has 1 heterocycles. The molecular formula is C23H30N2O3. The van der Waals surface area contributed by atoms with Gasteiger partial charge in [-0.05, 0) is 38.3 Å². The van der Waals surface area contributed by atoms with Gasteiger partial charge in [0, 0.05) is 11.9 Å². The summed E-state index contributed by atoms with van der Waals surface area (Å²) in [5.41, 5.74) is 3.42. The maximum absolute atomic E-state index is 13.0. The maximum Gasteiger partial charge on any atom is 0.227 e. The van der Waals surface area contributed by atoms with Crippen LogP contribution in [0.4, 0.5) is 0 Å². The van der Waals surface area contributed by atoms with Crippen LogP contribution in [-0.2, 0) is 9.59 Å². The molecule has 1 amide bonds. The summed E-state index contributed by atoms with van der Waals surface area (Å²) in [5, 5.41) is 11.6. The maximum atomic E-state index is 13.0. The predicted molar refractivity (Wildman–Crippen MR) is 107 cm³/mol. The number of carboxylic acids is 1. The van der Waals surface area contributed by atoms with Crippen molar-refractivity contribution >= 4 is 18.0 Å². The Hall–Kier alpha value is -2.40. The second-order valence-electron chi connectivity index (χ2n) is 8.09. The Labute approximate surface area is 167 Å². The summed E-state index contributed by atoms with van der Waals surface area (Å²) in [6, 6.07) is 10.2. The number of quaternary nitrogens is 1. The second-order valence-corrected chi connectivity index (χ2v) is 8.09. The van der Waals surface area contributed by atoms with Crippen molar-refractivity contribution in [1.29, 1.82) is 0 Å². The van der Waals surface area contributed by atoms with Crippen LogP contribution < -0.4 is 10.0 Å². The van der Waals surface area contributed by atoms with E-state index in [1.165, 1.54) is 10.5 Å². The number of hydrogen-bond donors (Lipinski definition) is 1. The standard InChI is InChI=1S/C23H30N2O3/c1-17-15-20(21(23(27)28)16-18(17)2)22(26)25-13-11-24(12-14-25)10-6-9-19-7-4-3-5-8-19/h3-9,20-21H,10-16H2,1-2H3,(H,27,28)/b9-6+/t20-,21+/m1/s1. The first kappa shape index (κ1) is 20.3. The molecule has 5 heteroatoms. The van der Waals surface area contributed by atoms with E-state index in [1.54, 1.807) is 0 Å². The topological polar surface area (TPSA) is 64.9 Å². The Balaban J connectivity index is 1.53. The number of rotatable bonds is 5. The molecule has 0 aromatic heterocycles. The van der Waals surface area contributed by atoms with E-state index in [9.17, 15) is 14.7 Å². The number of allylic oxidation sites excluding steroid dienone is 2. The zero-order chi connectivity index (χ0) is 20.1. The van der Waals surface area contributed by atoms with E-state index in [-0.39, 0.29) is 5.91 Å². The summed E-state index contributed by atoms with van der Waals surface area (Å²) in [4.78, 5) is 27.9. The van der Waals surface area contributed by atoms with Gasteiger partial charge in [0.1, 0.15) is 0 Å². The largest absolute Gasteiger partial charge is 0.550 e. The minimum Gasteiger partial charge on any atom is -0.550 e. The molecule has 5 nitrogen and oxygen atoms in total. The van der Waals surface area contributed by atoms with E-state index in [4.69, 9.17) is 0 Å². The molecule has 3 rings (SSSR count). The first-order valence-electron chi connectivity index (χ1n) is 10.2. The number of carbonyl (C=O) groups is 2. The van der Waals surface area contributed by atoms with Crippen molar-refractivity contribution in [3.63, 3.8) is 0 Å². The summed E-state index contributed by atoms with van der Waals surface area (Å²) >= 11 is 0. The molecule has 1 fully saturated rings. The average Bonchev–Trinajstić information content (AvgIpc) is 2.70. The highest BCUT2D eigenvalue weighted by Crippen LogP contribution is 2.35. The third kappa shape index (κ3) is 4.90. The van der Waals surface area contributed by atoms with E-state index < -0.39 is 17.8 Å². The number of benzene rings is 1. The van der Waals surface area contributed by atoms with Crippen LogP contribution in [0.15, 0.2) is 47.6 Å². The van der Waals surface area contributed by atoms with Gasteiger partial charge >= 0.3 is 0 Å². The molecule has 0 radical (unpaired) electrons. The second kappa shape index (κ2) is 9.20. The van der Waals surface area contributed by atoms with Crippen LogP contribution in [0.1, 0.15) is 32.3 Å². The van der Waals surface area contributed by atoms with Crippen molar-refractivity contribution < 1.29 is 19.6 Å². The highest BCUT2D eigenvalue weighted by Gasteiger charge is 2.37. The number of aliphatic carboxylic acids is 1. The van der Waals surface area contributed by atoms with Crippen LogP contribution >= 0.6 is 0 Å². The lowest BCUT2D eigenvalue weighted by Gasteiger charge is -2.38. The van der Waals surface area contributed by atoms with Crippen molar-refractivity contribution in [2.75, 3.05) is 32.7 Å². The zero-order valence-corrected chi connectivity index (χ0v) is 16.8. The van der Waals surface area contributed by atoms with E-state index in [1.807, 2.05) is 36.9 Å².